The summed E-state index contributed by atoms with van der Waals surface area (Å²) in [5.74, 6) is 0.745. The Morgan fingerprint density at radius 2 is 1.80 bits per heavy atom. The zero-order chi connectivity index (χ0) is 24.8. The van der Waals surface area contributed by atoms with E-state index in [9.17, 15) is 9.60 Å². The van der Waals surface area contributed by atoms with E-state index in [1.807, 2.05) is 12.4 Å². The largest absolute Gasteiger partial charge is 0.624 e. The number of rotatable bonds is 8. The summed E-state index contributed by atoms with van der Waals surface area (Å²) in [5, 5.41) is 11.8. The first-order valence-corrected chi connectivity index (χ1v) is 12.0. The van der Waals surface area contributed by atoms with Crippen LogP contribution in [0.2, 0.25) is 0 Å². The first kappa shape index (κ1) is 24.5. The zero-order valence-corrected chi connectivity index (χ0v) is 20.4. The molecule has 0 amide bonds. The van der Waals surface area contributed by atoms with Crippen molar-refractivity contribution >= 4 is 12.2 Å². The van der Waals surface area contributed by atoms with Crippen LogP contribution in [0.4, 0.5) is 10.3 Å². The van der Waals surface area contributed by atoms with Crippen LogP contribution in [0.5, 0.6) is 6.01 Å². The number of aryl methyl sites for hydroxylation is 1. The second-order valence-corrected chi connectivity index (χ2v) is 9.06. The number of benzene rings is 1. The van der Waals surface area contributed by atoms with Crippen LogP contribution in [0.15, 0.2) is 43.0 Å². The Balaban J connectivity index is 1.29. The topological polar surface area (TPSA) is 90.1 Å². The summed E-state index contributed by atoms with van der Waals surface area (Å²) in [6.07, 6.45) is 11.2. The average molecular weight is 479 g/mol. The Bertz CT molecular complexity index is 1140. The lowest BCUT2D eigenvalue weighted by atomic mass is 9.98. The molecule has 1 aromatic carbocycles. The number of ether oxygens (including phenoxy) is 1. The predicted octanol–water partition coefficient (Wildman–Crippen LogP) is 4.27. The quantitative estimate of drug-likeness (QED) is 0.207. The molecule has 0 unspecified atom stereocenters. The Hall–Kier alpha value is -3.62. The van der Waals surface area contributed by atoms with Gasteiger partial charge >= 0.3 is 6.01 Å². The smallest absolute Gasteiger partial charge is 0.316 e. The van der Waals surface area contributed by atoms with E-state index in [1.54, 1.807) is 38.4 Å². The minimum atomic E-state index is -0.437. The van der Waals surface area contributed by atoms with Gasteiger partial charge in [0.05, 0.1) is 6.61 Å². The zero-order valence-electron chi connectivity index (χ0n) is 20.4. The Kier molecular flexibility index (Phi) is 7.84. The molecule has 0 bridgehead atoms. The van der Waals surface area contributed by atoms with Crippen molar-refractivity contribution in [3.63, 3.8) is 0 Å². The van der Waals surface area contributed by atoms with E-state index in [-0.39, 0.29) is 12.1 Å². The number of halogens is 1. The van der Waals surface area contributed by atoms with Crippen molar-refractivity contribution < 1.29 is 13.9 Å². The molecule has 3 aromatic rings. The van der Waals surface area contributed by atoms with E-state index in [0.29, 0.717) is 29.2 Å². The summed E-state index contributed by atoms with van der Waals surface area (Å²) in [6.45, 7) is 7.94. The van der Waals surface area contributed by atoms with Crippen molar-refractivity contribution in [1.29, 1.82) is 0 Å². The minimum absolute atomic E-state index is 0.210. The molecule has 35 heavy (non-hydrogen) atoms. The normalized spacial score (nSPS) is 15.0. The third-order valence-electron chi connectivity index (χ3n) is 6.16. The third-order valence-corrected chi connectivity index (χ3v) is 6.16. The molecule has 2 aromatic heterocycles. The Labute approximate surface area is 205 Å². The number of hydrogen-bond donors (Lipinski definition) is 0. The molecule has 0 aliphatic carbocycles. The highest BCUT2D eigenvalue weighted by Crippen LogP contribution is 2.24. The van der Waals surface area contributed by atoms with Crippen molar-refractivity contribution in [2.24, 2.45) is 5.92 Å². The standard InChI is InChI=1S/C26H31FN6O2/c1-4-19-12-28-25(29-13-19)32-9-7-20(8-10-32)17-35-26-30-14-22(15-31-26)23-6-5-21(11-24(23)27)16-33(34)18(2)3/h5-6,11-16,18,20H,4,7-10,17H2,1-3H3/b33-16-. The van der Waals surface area contributed by atoms with Gasteiger partial charge in [-0.15, -0.1) is 0 Å². The fraction of sp³-hybridized carbons (Fsp3) is 0.423. The summed E-state index contributed by atoms with van der Waals surface area (Å²) in [6, 6.07) is 4.73. The molecule has 184 valence electrons. The lowest BCUT2D eigenvalue weighted by Gasteiger charge is -2.31. The third kappa shape index (κ3) is 6.29. The molecular weight excluding hydrogens is 447 g/mol. The van der Waals surface area contributed by atoms with E-state index in [2.05, 4.69) is 31.8 Å². The van der Waals surface area contributed by atoms with Gasteiger partial charge in [0, 0.05) is 54.6 Å². The fourth-order valence-electron chi connectivity index (χ4n) is 3.86. The van der Waals surface area contributed by atoms with Gasteiger partial charge in [-0.05, 0) is 56.7 Å². The van der Waals surface area contributed by atoms with Crippen molar-refractivity contribution in [3.05, 3.63) is 65.1 Å². The molecule has 3 heterocycles. The van der Waals surface area contributed by atoms with Crippen LogP contribution in [0.25, 0.3) is 11.1 Å². The molecule has 1 fully saturated rings. The summed E-state index contributed by atoms with van der Waals surface area (Å²) >= 11 is 0. The van der Waals surface area contributed by atoms with Gasteiger partial charge in [-0.25, -0.2) is 29.1 Å². The van der Waals surface area contributed by atoms with Crippen molar-refractivity contribution in [3.8, 4) is 17.1 Å². The fourth-order valence-corrected chi connectivity index (χ4v) is 3.86. The predicted molar refractivity (Wildman–Crippen MR) is 133 cm³/mol. The van der Waals surface area contributed by atoms with Crippen LogP contribution in [0.1, 0.15) is 44.7 Å². The maximum Gasteiger partial charge on any atom is 0.316 e. The average Bonchev–Trinajstić information content (AvgIpc) is 2.88. The lowest BCUT2D eigenvalue weighted by Crippen LogP contribution is -2.36. The monoisotopic (exact) mass is 478 g/mol. The second kappa shape index (κ2) is 11.2. The summed E-state index contributed by atoms with van der Waals surface area (Å²) in [7, 11) is 0. The first-order valence-electron chi connectivity index (χ1n) is 12.0. The molecule has 0 spiro atoms. The van der Waals surface area contributed by atoms with E-state index in [0.717, 1.165) is 48.6 Å². The number of aromatic nitrogens is 4. The highest BCUT2D eigenvalue weighted by molar-refractivity contribution is 5.77. The van der Waals surface area contributed by atoms with Gasteiger partial charge in [-0.3, -0.25) is 0 Å². The Morgan fingerprint density at radius 3 is 2.40 bits per heavy atom. The minimum Gasteiger partial charge on any atom is -0.624 e. The van der Waals surface area contributed by atoms with Crippen LogP contribution in [0, 0.1) is 16.9 Å². The first-order chi connectivity index (χ1) is 16.9. The number of piperidine rings is 1. The maximum atomic E-state index is 14.6. The van der Waals surface area contributed by atoms with E-state index < -0.39 is 5.82 Å². The van der Waals surface area contributed by atoms with Gasteiger partial charge in [0.2, 0.25) is 5.95 Å². The number of nitrogens with zero attached hydrogens (tertiary/aromatic N) is 6. The number of hydrogen-bond acceptors (Lipinski definition) is 7. The van der Waals surface area contributed by atoms with E-state index in [4.69, 9.17) is 4.74 Å². The molecule has 1 aliphatic rings. The van der Waals surface area contributed by atoms with Gasteiger partial charge in [-0.1, -0.05) is 13.0 Å². The van der Waals surface area contributed by atoms with Crippen LogP contribution < -0.4 is 9.64 Å². The molecule has 9 heteroatoms. The van der Waals surface area contributed by atoms with Crippen LogP contribution >= 0.6 is 0 Å². The molecule has 0 N–H and O–H groups in total. The molecule has 8 nitrogen and oxygen atoms in total. The summed E-state index contributed by atoms with van der Waals surface area (Å²) in [4.78, 5) is 19.7. The molecule has 4 rings (SSSR count). The molecule has 0 saturated carbocycles. The van der Waals surface area contributed by atoms with E-state index in [1.165, 1.54) is 12.3 Å². The maximum absolute atomic E-state index is 14.6. The van der Waals surface area contributed by atoms with Gasteiger partial charge < -0.3 is 14.8 Å². The highest BCUT2D eigenvalue weighted by Gasteiger charge is 2.22. The molecule has 0 atom stereocenters. The van der Waals surface area contributed by atoms with Crippen molar-refractivity contribution in [1.82, 2.24) is 19.9 Å². The molecule has 1 aliphatic heterocycles. The van der Waals surface area contributed by atoms with Crippen LogP contribution in [-0.2, 0) is 6.42 Å². The van der Waals surface area contributed by atoms with Gasteiger partial charge in [0.15, 0.2) is 12.3 Å². The highest BCUT2D eigenvalue weighted by atomic mass is 19.1. The van der Waals surface area contributed by atoms with Crippen molar-refractivity contribution in [2.45, 2.75) is 46.1 Å². The van der Waals surface area contributed by atoms with E-state index >= 15 is 0 Å². The van der Waals surface area contributed by atoms with Crippen LogP contribution in [0.3, 0.4) is 0 Å². The second-order valence-electron chi connectivity index (χ2n) is 9.06. The van der Waals surface area contributed by atoms with Crippen molar-refractivity contribution in [2.75, 3.05) is 24.6 Å². The van der Waals surface area contributed by atoms with Crippen LogP contribution in [-0.4, -0.2) is 56.6 Å². The van der Waals surface area contributed by atoms with Gasteiger partial charge in [-0.2, -0.15) is 0 Å². The SMILES string of the molecule is CCc1cnc(N2CCC(COc3ncc(-c4ccc(/C=[N+](\[O-])C(C)C)cc4F)cn3)CC2)nc1. The summed E-state index contributed by atoms with van der Waals surface area (Å²) in [5.41, 5.74) is 2.56. The summed E-state index contributed by atoms with van der Waals surface area (Å²) < 4.78 is 21.2. The number of hydroxylamine groups is 1. The Morgan fingerprint density at radius 1 is 1.11 bits per heavy atom. The van der Waals surface area contributed by atoms with Gasteiger partial charge in [0.25, 0.3) is 0 Å². The molecular formula is C26H31FN6O2. The lowest BCUT2D eigenvalue weighted by molar-refractivity contribution is -0.487. The molecule has 0 radical (unpaired) electrons. The molecule has 1 saturated heterocycles. The van der Waals surface area contributed by atoms with Gasteiger partial charge in [0.1, 0.15) is 5.82 Å². The number of anilines is 1.